The van der Waals surface area contributed by atoms with E-state index in [2.05, 4.69) is 41.9 Å². The van der Waals surface area contributed by atoms with Gasteiger partial charge in [0.05, 0.1) is 28.7 Å². The first kappa shape index (κ1) is 25.5. The van der Waals surface area contributed by atoms with Crippen LogP contribution >= 0.6 is 31.9 Å². The number of methoxy groups -OCH3 is 1. The molecule has 1 aliphatic rings. The topological polar surface area (TPSA) is 124 Å². The Morgan fingerprint density at radius 1 is 1.18 bits per heavy atom. The highest BCUT2D eigenvalue weighted by molar-refractivity contribution is 9.11. The third-order valence-corrected chi connectivity index (χ3v) is 5.54. The fourth-order valence-corrected chi connectivity index (χ4v) is 4.39. The first-order chi connectivity index (χ1) is 16.1. The van der Waals surface area contributed by atoms with Gasteiger partial charge in [-0.15, -0.1) is 0 Å². The van der Waals surface area contributed by atoms with Crippen LogP contribution in [0.15, 0.2) is 43.3 Å². The molecule has 180 valence electrons. The molecule has 2 heterocycles. The quantitative estimate of drug-likeness (QED) is 0.274. The Morgan fingerprint density at radius 2 is 1.85 bits per heavy atom. The molecule has 1 aliphatic heterocycles. The molecule has 1 aromatic carbocycles. The smallest absolute Gasteiger partial charge is 0.373 e. The standard InChI is InChI=1S/C22H20Br2N2O8/c1-11(2)33-18(27)10-32-19-14(23)6-12(7-15(19)24)8-16-20(28)26(22(30)25-16)9-13-4-5-17(34-13)21(29)31-3/h4-8,11H,9-10H2,1-3H3,(H,25,30)/b16-8-. The van der Waals surface area contributed by atoms with Crippen LogP contribution in [0, 0.1) is 0 Å². The van der Waals surface area contributed by atoms with Crippen molar-refractivity contribution in [2.75, 3.05) is 13.7 Å². The van der Waals surface area contributed by atoms with Gasteiger partial charge in [-0.2, -0.15) is 0 Å². The molecule has 0 saturated carbocycles. The number of esters is 2. The van der Waals surface area contributed by atoms with Gasteiger partial charge >= 0.3 is 18.0 Å². The van der Waals surface area contributed by atoms with Crippen LogP contribution < -0.4 is 10.1 Å². The number of furan rings is 1. The molecule has 1 N–H and O–H groups in total. The SMILES string of the molecule is COC(=O)c1ccc(CN2C(=O)N/C(=C\c3cc(Br)c(OCC(=O)OC(C)C)c(Br)c3)C2=O)o1. The van der Waals surface area contributed by atoms with Crippen LogP contribution in [0.3, 0.4) is 0 Å². The Morgan fingerprint density at radius 3 is 2.47 bits per heavy atom. The van der Waals surface area contributed by atoms with Crippen LogP contribution in [-0.2, 0) is 25.6 Å². The average molecular weight is 600 g/mol. The number of halogens is 2. The molecule has 1 aromatic heterocycles. The van der Waals surface area contributed by atoms with Crippen molar-refractivity contribution in [3.05, 3.63) is 56.0 Å². The second-order valence-electron chi connectivity index (χ2n) is 7.28. The summed E-state index contributed by atoms with van der Waals surface area (Å²) in [4.78, 5) is 49.3. The van der Waals surface area contributed by atoms with Gasteiger partial charge in [-0.3, -0.25) is 9.69 Å². The number of hydrogen-bond acceptors (Lipinski definition) is 8. The normalized spacial score (nSPS) is 14.5. The highest BCUT2D eigenvalue weighted by atomic mass is 79.9. The summed E-state index contributed by atoms with van der Waals surface area (Å²) in [5.74, 6) is -1.14. The zero-order valence-corrected chi connectivity index (χ0v) is 21.5. The molecule has 10 nitrogen and oxygen atoms in total. The molecular weight excluding hydrogens is 580 g/mol. The van der Waals surface area contributed by atoms with Gasteiger partial charge in [0, 0.05) is 0 Å². The number of carbonyl (C=O) groups is 4. The summed E-state index contributed by atoms with van der Waals surface area (Å²) >= 11 is 6.76. The van der Waals surface area contributed by atoms with E-state index in [-0.39, 0.29) is 36.5 Å². The number of nitrogens with zero attached hydrogens (tertiary/aromatic N) is 1. The maximum absolute atomic E-state index is 12.8. The monoisotopic (exact) mass is 598 g/mol. The van der Waals surface area contributed by atoms with Crippen molar-refractivity contribution in [1.29, 1.82) is 0 Å². The van der Waals surface area contributed by atoms with E-state index in [4.69, 9.17) is 13.9 Å². The van der Waals surface area contributed by atoms with Crippen LogP contribution in [0.2, 0.25) is 0 Å². The number of benzene rings is 1. The van der Waals surface area contributed by atoms with Gasteiger partial charge in [0.15, 0.2) is 6.61 Å². The molecule has 3 amide bonds. The highest BCUT2D eigenvalue weighted by Crippen LogP contribution is 2.35. The van der Waals surface area contributed by atoms with Crippen LogP contribution in [0.4, 0.5) is 4.79 Å². The summed E-state index contributed by atoms with van der Waals surface area (Å²) in [7, 11) is 1.22. The van der Waals surface area contributed by atoms with E-state index in [0.717, 1.165) is 4.90 Å². The lowest BCUT2D eigenvalue weighted by Crippen LogP contribution is -2.30. The minimum absolute atomic E-state index is 0.0326. The molecule has 0 unspecified atom stereocenters. The van der Waals surface area contributed by atoms with E-state index in [1.54, 1.807) is 26.0 Å². The van der Waals surface area contributed by atoms with Crippen molar-refractivity contribution in [3.8, 4) is 5.75 Å². The molecule has 0 radical (unpaired) electrons. The maximum Gasteiger partial charge on any atom is 0.373 e. The zero-order valence-electron chi connectivity index (χ0n) is 18.3. The van der Waals surface area contributed by atoms with Crippen LogP contribution in [0.5, 0.6) is 5.75 Å². The number of imide groups is 1. The average Bonchev–Trinajstić information content (AvgIpc) is 3.32. The Hall–Kier alpha value is -3.12. The van der Waals surface area contributed by atoms with Gasteiger partial charge in [0.1, 0.15) is 17.2 Å². The molecule has 0 bridgehead atoms. The summed E-state index contributed by atoms with van der Waals surface area (Å²) in [6, 6.07) is 5.58. The summed E-state index contributed by atoms with van der Waals surface area (Å²) in [6.07, 6.45) is 1.24. The van der Waals surface area contributed by atoms with Crippen molar-refractivity contribution < 1.29 is 37.8 Å². The fourth-order valence-electron chi connectivity index (χ4n) is 2.94. The predicted octanol–water partition coefficient (Wildman–Crippen LogP) is 4.01. The molecule has 1 saturated heterocycles. The highest BCUT2D eigenvalue weighted by Gasteiger charge is 2.34. The second-order valence-corrected chi connectivity index (χ2v) is 8.99. The Kier molecular flexibility index (Phi) is 8.15. The van der Waals surface area contributed by atoms with Gasteiger partial charge in [-0.1, -0.05) is 0 Å². The maximum atomic E-state index is 12.8. The Bertz CT molecular complexity index is 1150. The lowest BCUT2D eigenvalue weighted by molar-refractivity contribution is -0.149. The van der Waals surface area contributed by atoms with Crippen LogP contribution in [-0.4, -0.2) is 48.6 Å². The Labute approximate surface area is 211 Å². The molecule has 0 aliphatic carbocycles. The van der Waals surface area contributed by atoms with E-state index in [9.17, 15) is 19.2 Å². The number of carbonyl (C=O) groups excluding carboxylic acids is 4. The number of rotatable bonds is 8. The summed E-state index contributed by atoms with van der Waals surface area (Å²) in [5, 5.41) is 2.52. The molecule has 0 spiro atoms. The predicted molar refractivity (Wildman–Crippen MR) is 126 cm³/mol. The van der Waals surface area contributed by atoms with Gasteiger partial charge in [0.25, 0.3) is 5.91 Å². The van der Waals surface area contributed by atoms with Gasteiger partial charge in [0.2, 0.25) is 5.76 Å². The van der Waals surface area contributed by atoms with E-state index in [1.165, 1.54) is 25.3 Å². The summed E-state index contributed by atoms with van der Waals surface area (Å²) < 4.78 is 21.5. The molecule has 34 heavy (non-hydrogen) atoms. The van der Waals surface area contributed by atoms with E-state index in [0.29, 0.717) is 20.3 Å². The summed E-state index contributed by atoms with van der Waals surface area (Å²) in [5.41, 5.74) is 0.630. The molecular formula is C22H20Br2N2O8. The molecule has 12 heteroatoms. The van der Waals surface area contributed by atoms with E-state index in [1.807, 2.05) is 0 Å². The van der Waals surface area contributed by atoms with Crippen molar-refractivity contribution >= 4 is 61.8 Å². The first-order valence-electron chi connectivity index (χ1n) is 9.92. The van der Waals surface area contributed by atoms with Crippen molar-refractivity contribution in [2.24, 2.45) is 0 Å². The number of amides is 3. The lowest BCUT2D eigenvalue weighted by atomic mass is 10.2. The lowest BCUT2D eigenvalue weighted by Gasteiger charge is -2.12. The molecule has 3 rings (SSSR count). The Balaban J connectivity index is 1.72. The molecule has 1 fully saturated rings. The van der Waals surface area contributed by atoms with Crippen LogP contribution in [0.25, 0.3) is 6.08 Å². The zero-order chi connectivity index (χ0) is 25.0. The van der Waals surface area contributed by atoms with E-state index >= 15 is 0 Å². The van der Waals surface area contributed by atoms with Crippen LogP contribution in [0.1, 0.15) is 35.7 Å². The molecule has 2 aromatic rings. The minimum Gasteiger partial charge on any atom is -0.480 e. The van der Waals surface area contributed by atoms with Crippen molar-refractivity contribution in [1.82, 2.24) is 10.2 Å². The van der Waals surface area contributed by atoms with Gasteiger partial charge in [-0.25, -0.2) is 14.4 Å². The van der Waals surface area contributed by atoms with Crippen molar-refractivity contribution in [3.63, 3.8) is 0 Å². The summed E-state index contributed by atoms with van der Waals surface area (Å²) in [6.45, 7) is 3.05. The second kappa shape index (κ2) is 10.9. The fraction of sp³-hybridized carbons (Fsp3) is 0.273. The minimum atomic E-state index is -0.663. The third kappa shape index (κ3) is 6.06. The first-order valence-corrected chi connectivity index (χ1v) is 11.5. The largest absolute Gasteiger partial charge is 0.480 e. The van der Waals surface area contributed by atoms with Gasteiger partial charge < -0.3 is 23.9 Å². The number of nitrogens with one attached hydrogen (secondary N) is 1. The molecule has 0 atom stereocenters. The van der Waals surface area contributed by atoms with Crippen molar-refractivity contribution in [2.45, 2.75) is 26.5 Å². The van der Waals surface area contributed by atoms with Gasteiger partial charge in [-0.05, 0) is 81.6 Å². The number of urea groups is 1. The third-order valence-electron chi connectivity index (χ3n) is 4.36. The van der Waals surface area contributed by atoms with E-state index < -0.39 is 23.9 Å². The number of ether oxygens (including phenoxy) is 3. The number of hydrogen-bond donors (Lipinski definition) is 1.